The number of Topliss-reactive ketones (excluding diaryl/α,β-unsaturated/α-hetero) is 1. The summed E-state index contributed by atoms with van der Waals surface area (Å²) in [6, 6.07) is 4.40. The standard InChI is InChI=1S/C14H13ClN2O5/c1-14(16)8-3-2-6(15)4-7(8)11(20)10(12(14)21)13(22)17-5-9(18)19/h2-4,20H,5,16H2,1H3,(H,17,22)(H,18,19)/t14-/m0/s1. The SMILES string of the molecule is C[C@@]1(N)C(=O)C(C(=O)NCC(=O)O)=C(O)c2cc(Cl)ccc21. The Labute approximate surface area is 130 Å². The van der Waals surface area contributed by atoms with Gasteiger partial charge in [-0.25, -0.2) is 0 Å². The molecule has 116 valence electrons. The molecule has 1 aromatic carbocycles. The first-order valence-electron chi connectivity index (χ1n) is 6.23. The maximum Gasteiger partial charge on any atom is 0.322 e. The molecule has 1 atom stereocenters. The summed E-state index contributed by atoms with van der Waals surface area (Å²) in [6.45, 7) is 0.714. The molecule has 0 spiro atoms. The van der Waals surface area contributed by atoms with Crippen molar-refractivity contribution in [1.82, 2.24) is 5.32 Å². The lowest BCUT2D eigenvalue weighted by molar-refractivity contribution is -0.138. The number of aliphatic carboxylic acids is 1. The van der Waals surface area contributed by atoms with Gasteiger partial charge in [0.1, 0.15) is 23.4 Å². The molecule has 0 aromatic heterocycles. The van der Waals surface area contributed by atoms with Gasteiger partial charge in [-0.2, -0.15) is 0 Å². The first kappa shape index (κ1) is 16.0. The van der Waals surface area contributed by atoms with E-state index in [4.69, 9.17) is 22.4 Å². The summed E-state index contributed by atoms with van der Waals surface area (Å²) in [5.74, 6) is -3.67. The topological polar surface area (TPSA) is 130 Å². The van der Waals surface area contributed by atoms with Crippen molar-refractivity contribution in [2.45, 2.75) is 12.5 Å². The number of amides is 1. The molecule has 0 heterocycles. The summed E-state index contributed by atoms with van der Waals surface area (Å²) in [6.07, 6.45) is 0. The number of benzene rings is 1. The van der Waals surface area contributed by atoms with E-state index in [1.54, 1.807) is 0 Å². The molecule has 0 aliphatic heterocycles. The molecular weight excluding hydrogens is 312 g/mol. The number of nitrogens with two attached hydrogens (primary N) is 1. The van der Waals surface area contributed by atoms with Crippen LogP contribution in [0.15, 0.2) is 23.8 Å². The van der Waals surface area contributed by atoms with Crippen LogP contribution >= 0.6 is 11.6 Å². The molecule has 7 nitrogen and oxygen atoms in total. The number of nitrogens with one attached hydrogen (secondary N) is 1. The molecule has 1 aliphatic carbocycles. The van der Waals surface area contributed by atoms with Crippen molar-refractivity contribution in [3.8, 4) is 0 Å². The van der Waals surface area contributed by atoms with Gasteiger partial charge in [0, 0.05) is 10.6 Å². The third-order valence-electron chi connectivity index (χ3n) is 3.36. The zero-order valence-corrected chi connectivity index (χ0v) is 12.3. The molecule has 1 aromatic rings. The smallest absolute Gasteiger partial charge is 0.322 e. The van der Waals surface area contributed by atoms with Gasteiger partial charge in [0.25, 0.3) is 5.91 Å². The number of aliphatic hydroxyl groups excluding tert-OH is 1. The van der Waals surface area contributed by atoms with Crippen molar-refractivity contribution in [1.29, 1.82) is 0 Å². The largest absolute Gasteiger partial charge is 0.506 e. The highest BCUT2D eigenvalue weighted by Crippen LogP contribution is 2.37. The predicted octanol–water partition coefficient (Wildman–Crippen LogP) is 0.566. The summed E-state index contributed by atoms with van der Waals surface area (Å²) in [4.78, 5) is 34.9. The zero-order chi connectivity index (χ0) is 16.7. The molecule has 22 heavy (non-hydrogen) atoms. The van der Waals surface area contributed by atoms with Gasteiger partial charge in [0.05, 0.1) is 0 Å². The lowest BCUT2D eigenvalue weighted by Crippen LogP contribution is -2.49. The minimum Gasteiger partial charge on any atom is -0.506 e. The molecular formula is C14H13ClN2O5. The molecule has 0 fully saturated rings. The van der Waals surface area contributed by atoms with Gasteiger partial charge in [0.15, 0.2) is 5.78 Å². The van der Waals surface area contributed by atoms with Gasteiger partial charge < -0.3 is 21.3 Å². The number of aliphatic hydroxyl groups is 1. The van der Waals surface area contributed by atoms with Gasteiger partial charge >= 0.3 is 5.97 Å². The van der Waals surface area contributed by atoms with Crippen LogP contribution in [0.1, 0.15) is 18.1 Å². The van der Waals surface area contributed by atoms with Crippen LogP contribution in [0, 0.1) is 0 Å². The van der Waals surface area contributed by atoms with Crippen LogP contribution < -0.4 is 11.1 Å². The fourth-order valence-electron chi connectivity index (χ4n) is 2.24. The molecule has 8 heteroatoms. The minimum absolute atomic E-state index is 0.164. The van der Waals surface area contributed by atoms with E-state index in [9.17, 15) is 19.5 Å². The van der Waals surface area contributed by atoms with E-state index in [2.05, 4.69) is 0 Å². The van der Waals surface area contributed by atoms with E-state index in [1.165, 1.54) is 25.1 Å². The van der Waals surface area contributed by atoms with Gasteiger partial charge in [-0.3, -0.25) is 14.4 Å². The number of hydrogen-bond acceptors (Lipinski definition) is 5. The fraction of sp³-hybridized carbons (Fsp3) is 0.214. The Morgan fingerprint density at radius 3 is 2.64 bits per heavy atom. The Morgan fingerprint density at radius 1 is 1.41 bits per heavy atom. The summed E-state index contributed by atoms with van der Waals surface area (Å²) >= 11 is 5.86. The van der Waals surface area contributed by atoms with Crippen molar-refractivity contribution in [2.75, 3.05) is 6.54 Å². The van der Waals surface area contributed by atoms with Crippen LogP contribution in [0.25, 0.3) is 5.76 Å². The Kier molecular flexibility index (Phi) is 3.95. The Balaban J connectivity index is 2.57. The molecule has 1 aliphatic rings. The summed E-state index contributed by atoms with van der Waals surface area (Å²) < 4.78 is 0. The van der Waals surface area contributed by atoms with Gasteiger partial charge in [0.2, 0.25) is 0 Å². The lowest BCUT2D eigenvalue weighted by atomic mass is 9.76. The summed E-state index contributed by atoms with van der Waals surface area (Å²) in [7, 11) is 0. The highest BCUT2D eigenvalue weighted by atomic mass is 35.5. The number of halogens is 1. The van der Waals surface area contributed by atoms with Crippen LogP contribution in [0.2, 0.25) is 5.02 Å². The second-order valence-electron chi connectivity index (χ2n) is 5.02. The van der Waals surface area contributed by atoms with Crippen molar-refractivity contribution in [3.63, 3.8) is 0 Å². The molecule has 0 radical (unpaired) electrons. The van der Waals surface area contributed by atoms with Gasteiger partial charge in [-0.05, 0) is 24.6 Å². The quantitative estimate of drug-likeness (QED) is 0.601. The van der Waals surface area contributed by atoms with Crippen LogP contribution in [0.3, 0.4) is 0 Å². The van der Waals surface area contributed by atoms with Crippen molar-refractivity contribution in [2.24, 2.45) is 5.73 Å². The zero-order valence-electron chi connectivity index (χ0n) is 11.5. The number of carboxylic acid groups (broad SMARTS) is 1. The predicted molar refractivity (Wildman–Crippen MR) is 78.2 cm³/mol. The average molecular weight is 325 g/mol. The summed E-state index contributed by atoms with van der Waals surface area (Å²) in [5, 5.41) is 21.1. The second kappa shape index (κ2) is 5.43. The monoisotopic (exact) mass is 324 g/mol. The van der Waals surface area contributed by atoms with E-state index in [-0.39, 0.29) is 5.56 Å². The van der Waals surface area contributed by atoms with E-state index < -0.39 is 41.1 Å². The van der Waals surface area contributed by atoms with E-state index in [0.717, 1.165) is 0 Å². The van der Waals surface area contributed by atoms with E-state index in [1.807, 2.05) is 5.32 Å². The number of rotatable bonds is 3. The van der Waals surface area contributed by atoms with Gasteiger partial charge in [-0.1, -0.05) is 17.7 Å². The Morgan fingerprint density at radius 2 is 2.05 bits per heavy atom. The third-order valence-corrected chi connectivity index (χ3v) is 3.59. The van der Waals surface area contributed by atoms with Crippen LogP contribution in [0.4, 0.5) is 0 Å². The third kappa shape index (κ3) is 2.56. The fourth-order valence-corrected chi connectivity index (χ4v) is 2.42. The molecule has 0 bridgehead atoms. The summed E-state index contributed by atoms with van der Waals surface area (Å²) in [5.41, 5.74) is 4.37. The van der Waals surface area contributed by atoms with Crippen LogP contribution in [-0.2, 0) is 19.9 Å². The first-order valence-corrected chi connectivity index (χ1v) is 6.61. The number of fused-ring (bicyclic) bond motifs is 1. The molecule has 2 rings (SSSR count). The number of carbonyl (C=O) groups is 3. The van der Waals surface area contributed by atoms with Crippen LogP contribution in [0.5, 0.6) is 0 Å². The molecule has 0 saturated heterocycles. The van der Waals surface area contributed by atoms with E-state index in [0.29, 0.717) is 10.6 Å². The van der Waals surface area contributed by atoms with Gasteiger partial charge in [-0.15, -0.1) is 0 Å². The van der Waals surface area contributed by atoms with Crippen molar-refractivity contribution in [3.05, 3.63) is 39.9 Å². The van der Waals surface area contributed by atoms with Crippen molar-refractivity contribution < 1.29 is 24.6 Å². The van der Waals surface area contributed by atoms with Crippen molar-refractivity contribution >= 4 is 35.0 Å². The Bertz CT molecular complexity index is 724. The number of hydrogen-bond donors (Lipinski definition) is 4. The first-order chi connectivity index (χ1) is 10.2. The van der Waals surface area contributed by atoms with E-state index >= 15 is 0 Å². The number of carbonyl (C=O) groups excluding carboxylic acids is 2. The average Bonchev–Trinajstić information content (AvgIpc) is 2.43. The minimum atomic E-state index is -1.54. The maximum absolute atomic E-state index is 12.4. The molecule has 1 amide bonds. The highest BCUT2D eigenvalue weighted by molar-refractivity contribution is 6.31. The molecule has 0 unspecified atom stereocenters. The highest BCUT2D eigenvalue weighted by Gasteiger charge is 2.43. The number of ketones is 1. The lowest BCUT2D eigenvalue weighted by Gasteiger charge is -2.31. The Hall–Kier alpha value is -2.38. The number of carboxylic acids is 1. The second-order valence-corrected chi connectivity index (χ2v) is 5.46. The molecule has 5 N–H and O–H groups in total. The maximum atomic E-state index is 12.4. The van der Waals surface area contributed by atoms with Crippen LogP contribution in [-0.4, -0.2) is 34.4 Å². The molecule has 0 saturated carbocycles. The normalized spacial score (nSPS) is 20.6.